The van der Waals surface area contributed by atoms with Crippen LogP contribution in [0.4, 0.5) is 0 Å². The SMILES string of the molecule is c1cncc(CNCCCN2CC3(CCC3)C2)c1. The van der Waals surface area contributed by atoms with Crippen LogP contribution in [-0.4, -0.2) is 36.1 Å². The summed E-state index contributed by atoms with van der Waals surface area (Å²) in [7, 11) is 0. The van der Waals surface area contributed by atoms with E-state index in [4.69, 9.17) is 0 Å². The minimum absolute atomic E-state index is 0.781. The Morgan fingerprint density at radius 2 is 2.22 bits per heavy atom. The topological polar surface area (TPSA) is 28.2 Å². The highest BCUT2D eigenvalue weighted by Gasteiger charge is 2.46. The fraction of sp³-hybridized carbons (Fsp3) is 0.667. The van der Waals surface area contributed by atoms with Gasteiger partial charge in [0.05, 0.1) is 0 Å². The lowest BCUT2D eigenvalue weighted by molar-refractivity contribution is -0.0596. The van der Waals surface area contributed by atoms with Gasteiger partial charge in [0.1, 0.15) is 0 Å². The van der Waals surface area contributed by atoms with E-state index in [0.29, 0.717) is 0 Å². The average molecular weight is 245 g/mol. The summed E-state index contributed by atoms with van der Waals surface area (Å²) in [4.78, 5) is 6.73. The molecule has 0 amide bonds. The standard InChI is InChI=1S/C15H23N3/c1-4-14(10-16-7-1)11-17-8-3-9-18-12-15(13-18)5-2-6-15/h1,4,7,10,17H,2-3,5-6,8-9,11-13H2. The van der Waals surface area contributed by atoms with E-state index in [1.807, 2.05) is 18.5 Å². The van der Waals surface area contributed by atoms with Crippen molar-refractivity contribution in [1.82, 2.24) is 15.2 Å². The maximum Gasteiger partial charge on any atom is 0.0312 e. The monoisotopic (exact) mass is 245 g/mol. The summed E-state index contributed by atoms with van der Waals surface area (Å²) in [5.41, 5.74) is 2.05. The smallest absolute Gasteiger partial charge is 0.0312 e. The molecule has 0 radical (unpaired) electrons. The maximum absolute atomic E-state index is 4.12. The molecule has 98 valence electrons. The van der Waals surface area contributed by atoms with Crippen molar-refractivity contribution in [3.8, 4) is 0 Å². The van der Waals surface area contributed by atoms with Crippen molar-refractivity contribution in [2.24, 2.45) is 5.41 Å². The van der Waals surface area contributed by atoms with Gasteiger partial charge >= 0.3 is 0 Å². The largest absolute Gasteiger partial charge is 0.313 e. The lowest BCUT2D eigenvalue weighted by atomic mass is 9.63. The van der Waals surface area contributed by atoms with Gasteiger partial charge in [-0.2, -0.15) is 0 Å². The highest BCUT2D eigenvalue weighted by Crippen LogP contribution is 2.47. The second-order valence-corrected chi connectivity index (χ2v) is 5.96. The number of hydrogen-bond donors (Lipinski definition) is 1. The molecule has 3 nitrogen and oxygen atoms in total. The van der Waals surface area contributed by atoms with Gasteiger partial charge in [-0.05, 0) is 49.4 Å². The molecule has 2 heterocycles. The molecule has 2 fully saturated rings. The molecule has 0 bridgehead atoms. The fourth-order valence-corrected chi connectivity index (χ4v) is 3.22. The zero-order valence-corrected chi connectivity index (χ0v) is 11.1. The lowest BCUT2D eigenvalue weighted by Gasteiger charge is -2.56. The van der Waals surface area contributed by atoms with Gasteiger partial charge < -0.3 is 10.2 Å². The van der Waals surface area contributed by atoms with Gasteiger partial charge in [-0.15, -0.1) is 0 Å². The van der Waals surface area contributed by atoms with E-state index < -0.39 is 0 Å². The van der Waals surface area contributed by atoms with Crippen molar-refractivity contribution in [1.29, 1.82) is 0 Å². The van der Waals surface area contributed by atoms with E-state index in [0.717, 1.165) is 18.5 Å². The molecule has 0 unspecified atom stereocenters. The highest BCUT2D eigenvalue weighted by molar-refractivity contribution is 5.07. The third kappa shape index (κ3) is 2.73. The lowest BCUT2D eigenvalue weighted by Crippen LogP contribution is -2.59. The van der Waals surface area contributed by atoms with Gasteiger partial charge in [-0.25, -0.2) is 0 Å². The Labute approximate surface area is 110 Å². The zero-order chi connectivity index (χ0) is 12.3. The van der Waals surface area contributed by atoms with Crippen LogP contribution in [0.25, 0.3) is 0 Å². The van der Waals surface area contributed by atoms with E-state index in [1.54, 1.807) is 0 Å². The highest BCUT2D eigenvalue weighted by atomic mass is 15.2. The summed E-state index contributed by atoms with van der Waals surface area (Å²) in [6.45, 7) is 6.06. The van der Waals surface area contributed by atoms with Crippen molar-refractivity contribution in [3.05, 3.63) is 30.1 Å². The Bertz CT molecular complexity index is 365. The van der Waals surface area contributed by atoms with Crippen LogP contribution in [0.5, 0.6) is 0 Å². The first-order valence-corrected chi connectivity index (χ1v) is 7.18. The van der Waals surface area contributed by atoms with Crippen molar-refractivity contribution >= 4 is 0 Å². The summed E-state index contributed by atoms with van der Waals surface area (Å²) in [6, 6.07) is 4.12. The number of aromatic nitrogens is 1. The van der Waals surface area contributed by atoms with Gasteiger partial charge in [-0.1, -0.05) is 12.5 Å². The Hall–Kier alpha value is -0.930. The van der Waals surface area contributed by atoms with Gasteiger partial charge in [0.15, 0.2) is 0 Å². The van der Waals surface area contributed by atoms with E-state index >= 15 is 0 Å². The molecule has 1 spiro atoms. The number of pyridine rings is 1. The number of nitrogens with one attached hydrogen (secondary N) is 1. The van der Waals surface area contributed by atoms with Crippen molar-refractivity contribution < 1.29 is 0 Å². The molecule has 2 aliphatic rings. The predicted molar refractivity (Wildman–Crippen MR) is 73.3 cm³/mol. The Morgan fingerprint density at radius 3 is 2.89 bits per heavy atom. The molecular weight excluding hydrogens is 222 g/mol. The third-order valence-corrected chi connectivity index (χ3v) is 4.41. The van der Waals surface area contributed by atoms with Crippen LogP contribution < -0.4 is 5.32 Å². The fourth-order valence-electron chi connectivity index (χ4n) is 3.22. The molecule has 1 N–H and O–H groups in total. The third-order valence-electron chi connectivity index (χ3n) is 4.41. The predicted octanol–water partition coefficient (Wildman–Crippen LogP) is 2.05. The van der Waals surface area contributed by atoms with Gasteiger partial charge in [0.2, 0.25) is 0 Å². The number of rotatable bonds is 6. The number of nitrogens with zero attached hydrogens (tertiary/aromatic N) is 2. The molecule has 1 aromatic heterocycles. The van der Waals surface area contributed by atoms with E-state index in [-0.39, 0.29) is 0 Å². The summed E-state index contributed by atoms with van der Waals surface area (Å²) in [5, 5.41) is 3.49. The summed E-state index contributed by atoms with van der Waals surface area (Å²) in [5.74, 6) is 0. The molecule has 1 saturated heterocycles. The minimum Gasteiger partial charge on any atom is -0.313 e. The molecule has 3 heteroatoms. The molecular formula is C15H23N3. The molecule has 1 saturated carbocycles. The molecule has 0 aromatic carbocycles. The first-order chi connectivity index (χ1) is 8.86. The molecule has 18 heavy (non-hydrogen) atoms. The molecule has 1 aliphatic heterocycles. The Balaban J connectivity index is 1.23. The molecule has 0 atom stereocenters. The number of hydrogen-bond acceptors (Lipinski definition) is 3. The van der Waals surface area contributed by atoms with Crippen LogP contribution in [0, 0.1) is 5.41 Å². The van der Waals surface area contributed by atoms with Crippen molar-refractivity contribution in [3.63, 3.8) is 0 Å². The van der Waals surface area contributed by atoms with Crippen molar-refractivity contribution in [2.45, 2.75) is 32.2 Å². The minimum atomic E-state index is 0.781. The van der Waals surface area contributed by atoms with E-state index in [2.05, 4.69) is 21.3 Å². The molecule has 1 aromatic rings. The van der Waals surface area contributed by atoms with Crippen LogP contribution in [0.2, 0.25) is 0 Å². The normalized spacial score (nSPS) is 21.6. The second-order valence-electron chi connectivity index (χ2n) is 5.96. The Morgan fingerprint density at radius 1 is 1.33 bits per heavy atom. The number of likely N-dealkylation sites (tertiary alicyclic amines) is 1. The van der Waals surface area contributed by atoms with Crippen LogP contribution >= 0.6 is 0 Å². The summed E-state index contributed by atoms with van der Waals surface area (Å²) >= 11 is 0. The maximum atomic E-state index is 4.12. The molecule has 1 aliphatic carbocycles. The van der Waals surface area contributed by atoms with Gasteiger partial charge in [0.25, 0.3) is 0 Å². The first-order valence-electron chi connectivity index (χ1n) is 7.18. The van der Waals surface area contributed by atoms with Crippen LogP contribution in [0.1, 0.15) is 31.2 Å². The van der Waals surface area contributed by atoms with Crippen LogP contribution in [0.3, 0.4) is 0 Å². The summed E-state index contributed by atoms with van der Waals surface area (Å²) in [6.07, 6.45) is 9.47. The van der Waals surface area contributed by atoms with E-state index in [1.165, 1.54) is 50.9 Å². The quantitative estimate of drug-likeness (QED) is 0.778. The second kappa shape index (κ2) is 5.37. The van der Waals surface area contributed by atoms with Crippen LogP contribution in [0.15, 0.2) is 24.5 Å². The first kappa shape index (κ1) is 12.1. The Kier molecular flexibility index (Phi) is 3.62. The average Bonchev–Trinajstić information content (AvgIpc) is 2.30. The zero-order valence-electron chi connectivity index (χ0n) is 11.1. The summed E-state index contributed by atoms with van der Waals surface area (Å²) < 4.78 is 0. The van der Waals surface area contributed by atoms with E-state index in [9.17, 15) is 0 Å². The van der Waals surface area contributed by atoms with Gasteiger partial charge in [0, 0.05) is 32.0 Å². The van der Waals surface area contributed by atoms with Crippen molar-refractivity contribution in [2.75, 3.05) is 26.2 Å². The van der Waals surface area contributed by atoms with Gasteiger partial charge in [-0.3, -0.25) is 4.98 Å². The molecule has 3 rings (SSSR count). The van der Waals surface area contributed by atoms with Crippen LogP contribution in [-0.2, 0) is 6.54 Å².